The van der Waals surface area contributed by atoms with Crippen molar-refractivity contribution >= 4 is 38.3 Å². The van der Waals surface area contributed by atoms with E-state index >= 15 is 0 Å². The molecule has 0 saturated heterocycles. The predicted molar refractivity (Wildman–Crippen MR) is 64.2 cm³/mol. The van der Waals surface area contributed by atoms with E-state index in [-0.39, 0.29) is 10.4 Å². The molecule has 0 unspecified atom stereocenters. The van der Waals surface area contributed by atoms with Crippen molar-refractivity contribution in [1.82, 2.24) is 4.98 Å². The first-order valence-electron chi connectivity index (χ1n) is 4.33. The third-order valence-corrected chi connectivity index (χ3v) is 3.13. The van der Waals surface area contributed by atoms with Crippen molar-refractivity contribution in [3.8, 4) is 0 Å². The van der Waals surface area contributed by atoms with E-state index in [2.05, 4.69) is 26.2 Å². The molecule has 6 heteroatoms. The van der Waals surface area contributed by atoms with Gasteiger partial charge in [-0.2, -0.15) is 0 Å². The molecule has 1 aromatic heterocycles. The molecule has 0 aliphatic heterocycles. The summed E-state index contributed by atoms with van der Waals surface area (Å²) in [4.78, 5) is 15.6. The second kappa shape index (κ2) is 4.71. The Hall–Kier alpha value is -1.27. The summed E-state index contributed by atoms with van der Waals surface area (Å²) in [6, 6.07) is 4.09. The highest BCUT2D eigenvalue weighted by atomic mass is 79.9. The van der Waals surface area contributed by atoms with Crippen LogP contribution in [0.15, 0.2) is 34.2 Å². The third kappa shape index (κ3) is 2.45. The lowest BCUT2D eigenvalue weighted by Crippen LogP contribution is -2.11. The number of rotatable bonds is 2. The van der Waals surface area contributed by atoms with Crippen LogP contribution in [0.2, 0.25) is 0 Å². The van der Waals surface area contributed by atoms with Gasteiger partial charge in [-0.1, -0.05) is 0 Å². The molecule has 1 N–H and O–H groups in total. The number of amides is 1. The average molecular weight is 301 g/mol. The van der Waals surface area contributed by atoms with Crippen LogP contribution in [0.5, 0.6) is 0 Å². The average Bonchev–Trinajstić information content (AvgIpc) is 2.74. The molecule has 0 atom stereocenters. The van der Waals surface area contributed by atoms with E-state index in [1.165, 1.54) is 29.5 Å². The summed E-state index contributed by atoms with van der Waals surface area (Å²) in [6.45, 7) is 0. The summed E-state index contributed by atoms with van der Waals surface area (Å²) in [5.41, 5.74) is 0.378. The van der Waals surface area contributed by atoms with Crippen LogP contribution in [-0.4, -0.2) is 10.9 Å². The molecule has 3 nitrogen and oxygen atoms in total. The second-order valence-corrected chi connectivity index (χ2v) is 4.67. The maximum absolute atomic E-state index is 13.0. The Morgan fingerprint density at radius 1 is 1.50 bits per heavy atom. The summed E-state index contributed by atoms with van der Waals surface area (Å²) < 4.78 is 13.2. The molecule has 2 rings (SSSR count). The number of carbonyl (C=O) groups is 1. The summed E-state index contributed by atoms with van der Waals surface area (Å²) in [5.74, 6) is -0.707. The molecule has 0 spiro atoms. The van der Waals surface area contributed by atoms with Crippen molar-refractivity contribution in [3.05, 3.63) is 45.6 Å². The van der Waals surface area contributed by atoms with E-state index in [4.69, 9.17) is 0 Å². The number of carbonyl (C=O) groups excluding carboxylic acids is 1. The minimum atomic E-state index is -0.397. The van der Waals surface area contributed by atoms with E-state index in [9.17, 15) is 9.18 Å². The lowest BCUT2D eigenvalue weighted by molar-refractivity contribution is 0.102. The minimum absolute atomic E-state index is 0.263. The van der Waals surface area contributed by atoms with E-state index in [0.717, 1.165) is 0 Å². The van der Waals surface area contributed by atoms with Gasteiger partial charge in [-0.15, -0.1) is 11.3 Å². The summed E-state index contributed by atoms with van der Waals surface area (Å²) in [6.07, 6.45) is 1.60. The van der Waals surface area contributed by atoms with Crippen LogP contribution in [0.25, 0.3) is 0 Å². The molecular weight excluding hydrogens is 295 g/mol. The highest BCUT2D eigenvalue weighted by molar-refractivity contribution is 9.10. The van der Waals surface area contributed by atoms with Gasteiger partial charge in [-0.25, -0.2) is 9.37 Å². The lowest BCUT2D eigenvalue weighted by Gasteiger charge is -2.02. The van der Waals surface area contributed by atoms with Gasteiger partial charge in [0.2, 0.25) is 0 Å². The first kappa shape index (κ1) is 11.2. The van der Waals surface area contributed by atoms with E-state index < -0.39 is 5.82 Å². The van der Waals surface area contributed by atoms with Gasteiger partial charge < -0.3 is 0 Å². The fourth-order valence-corrected chi connectivity index (χ4v) is 1.99. The molecule has 0 saturated carbocycles. The maximum atomic E-state index is 13.0. The molecule has 16 heavy (non-hydrogen) atoms. The number of halogens is 2. The highest BCUT2D eigenvalue weighted by Gasteiger charge is 2.09. The molecule has 0 aliphatic carbocycles. The first-order valence-corrected chi connectivity index (χ1v) is 6.00. The van der Waals surface area contributed by atoms with Gasteiger partial charge in [-0.05, 0) is 34.1 Å². The van der Waals surface area contributed by atoms with Crippen molar-refractivity contribution in [2.75, 3.05) is 5.32 Å². The SMILES string of the molecule is O=C(Nc1nccs1)c1ccc(F)c(Br)c1. The largest absolute Gasteiger partial charge is 0.298 e. The minimum Gasteiger partial charge on any atom is -0.298 e. The number of thiazole rings is 1. The predicted octanol–water partition coefficient (Wildman–Crippen LogP) is 3.30. The summed E-state index contributed by atoms with van der Waals surface area (Å²) in [5, 5.41) is 4.89. The van der Waals surface area contributed by atoms with Crippen LogP contribution in [0, 0.1) is 5.82 Å². The Morgan fingerprint density at radius 2 is 2.31 bits per heavy atom. The fourth-order valence-electron chi connectivity index (χ4n) is 1.09. The lowest BCUT2D eigenvalue weighted by atomic mass is 10.2. The van der Waals surface area contributed by atoms with Crippen LogP contribution >= 0.6 is 27.3 Å². The van der Waals surface area contributed by atoms with Gasteiger partial charge in [0.25, 0.3) is 5.91 Å². The van der Waals surface area contributed by atoms with Gasteiger partial charge in [0.05, 0.1) is 4.47 Å². The molecule has 2 aromatic rings. The molecule has 0 bridgehead atoms. The van der Waals surface area contributed by atoms with Gasteiger partial charge in [0, 0.05) is 17.1 Å². The van der Waals surface area contributed by atoms with Gasteiger partial charge >= 0.3 is 0 Å². The normalized spacial score (nSPS) is 10.1. The number of aromatic nitrogens is 1. The highest BCUT2D eigenvalue weighted by Crippen LogP contribution is 2.18. The fraction of sp³-hybridized carbons (Fsp3) is 0. The topological polar surface area (TPSA) is 42.0 Å². The first-order chi connectivity index (χ1) is 7.66. The molecule has 0 fully saturated rings. The smallest absolute Gasteiger partial charge is 0.257 e. The molecule has 1 heterocycles. The standard InChI is InChI=1S/C10H6BrFN2OS/c11-7-5-6(1-2-8(7)12)9(15)14-10-13-3-4-16-10/h1-5H,(H,13,14,15). The molecular formula is C10H6BrFN2OS. The quantitative estimate of drug-likeness (QED) is 0.924. The van der Waals surface area contributed by atoms with Crippen molar-refractivity contribution in [3.63, 3.8) is 0 Å². The van der Waals surface area contributed by atoms with Crippen LogP contribution in [-0.2, 0) is 0 Å². The van der Waals surface area contributed by atoms with Crippen LogP contribution in [0.4, 0.5) is 9.52 Å². The van der Waals surface area contributed by atoms with Crippen LogP contribution in [0.3, 0.4) is 0 Å². The number of nitrogens with zero attached hydrogens (tertiary/aromatic N) is 1. The Kier molecular flexibility index (Phi) is 3.31. The van der Waals surface area contributed by atoms with Crippen LogP contribution < -0.4 is 5.32 Å². The second-order valence-electron chi connectivity index (χ2n) is 2.92. The Balaban J connectivity index is 2.18. The summed E-state index contributed by atoms with van der Waals surface area (Å²) >= 11 is 4.35. The molecule has 0 aliphatic rings. The van der Waals surface area contributed by atoms with Crippen molar-refractivity contribution in [2.24, 2.45) is 0 Å². The molecule has 1 amide bonds. The number of hydrogen-bond acceptors (Lipinski definition) is 3. The van der Waals surface area contributed by atoms with E-state index in [0.29, 0.717) is 10.7 Å². The monoisotopic (exact) mass is 300 g/mol. The Labute approximate surface area is 103 Å². The number of benzene rings is 1. The zero-order valence-electron chi connectivity index (χ0n) is 7.91. The maximum Gasteiger partial charge on any atom is 0.257 e. The van der Waals surface area contributed by atoms with Crippen molar-refractivity contribution in [1.29, 1.82) is 0 Å². The third-order valence-electron chi connectivity index (χ3n) is 1.83. The van der Waals surface area contributed by atoms with Crippen molar-refractivity contribution in [2.45, 2.75) is 0 Å². The van der Waals surface area contributed by atoms with Crippen molar-refractivity contribution < 1.29 is 9.18 Å². The molecule has 0 radical (unpaired) electrons. The van der Waals surface area contributed by atoms with Gasteiger partial charge in [0.1, 0.15) is 5.82 Å². The Morgan fingerprint density at radius 3 is 2.94 bits per heavy atom. The molecule has 1 aromatic carbocycles. The number of nitrogens with one attached hydrogen (secondary N) is 1. The van der Waals surface area contributed by atoms with Gasteiger partial charge in [0.15, 0.2) is 5.13 Å². The van der Waals surface area contributed by atoms with E-state index in [1.807, 2.05) is 0 Å². The summed E-state index contributed by atoms with van der Waals surface area (Å²) in [7, 11) is 0. The number of hydrogen-bond donors (Lipinski definition) is 1. The number of anilines is 1. The zero-order chi connectivity index (χ0) is 11.5. The van der Waals surface area contributed by atoms with Gasteiger partial charge in [-0.3, -0.25) is 10.1 Å². The van der Waals surface area contributed by atoms with Crippen LogP contribution in [0.1, 0.15) is 10.4 Å². The molecule has 82 valence electrons. The Bertz CT molecular complexity index is 516. The zero-order valence-corrected chi connectivity index (χ0v) is 10.3. The van der Waals surface area contributed by atoms with E-state index in [1.54, 1.807) is 11.6 Å².